The maximum absolute atomic E-state index is 13.9. The number of halogens is 5. The van der Waals surface area contributed by atoms with Crippen molar-refractivity contribution in [2.75, 3.05) is 17.2 Å². The van der Waals surface area contributed by atoms with Crippen molar-refractivity contribution in [2.45, 2.75) is 26.1 Å². The molecule has 142 valence electrons. The standard InChI is InChI=1S/C16H17ClF4N4O/c1-8(2)11(7-26)22-15-23-12(16(19,20)21)6-13(25-15)24-14-9(17)4-3-5-10(14)18/h3-6,8,11,26H,7H2,1-2H3,(H2,22,23,24,25)/t11-/m1/s1. The largest absolute Gasteiger partial charge is 0.433 e. The van der Waals surface area contributed by atoms with E-state index in [1.807, 2.05) is 0 Å². The van der Waals surface area contributed by atoms with Crippen LogP contribution in [0.1, 0.15) is 19.5 Å². The van der Waals surface area contributed by atoms with E-state index in [9.17, 15) is 22.7 Å². The summed E-state index contributed by atoms with van der Waals surface area (Å²) in [5, 5.41) is 14.4. The van der Waals surface area contributed by atoms with Crippen molar-refractivity contribution in [3.63, 3.8) is 0 Å². The molecule has 3 N–H and O–H groups in total. The second-order valence-corrected chi connectivity index (χ2v) is 6.27. The molecule has 0 bridgehead atoms. The van der Waals surface area contributed by atoms with Crippen LogP contribution in [0, 0.1) is 11.7 Å². The van der Waals surface area contributed by atoms with Crippen molar-refractivity contribution in [1.82, 2.24) is 9.97 Å². The SMILES string of the molecule is CC(C)[C@@H](CO)Nc1nc(Nc2c(F)cccc2Cl)cc(C(F)(F)F)n1. The first-order valence-electron chi connectivity index (χ1n) is 7.66. The maximum atomic E-state index is 13.9. The number of anilines is 3. The van der Waals surface area contributed by atoms with Gasteiger partial charge >= 0.3 is 6.18 Å². The molecule has 10 heteroatoms. The average molecular weight is 393 g/mol. The summed E-state index contributed by atoms with van der Waals surface area (Å²) in [7, 11) is 0. The van der Waals surface area contributed by atoms with E-state index in [1.165, 1.54) is 12.1 Å². The number of nitrogens with zero attached hydrogens (tertiary/aromatic N) is 2. The van der Waals surface area contributed by atoms with Crippen molar-refractivity contribution in [1.29, 1.82) is 0 Å². The number of alkyl halides is 3. The third kappa shape index (κ3) is 4.95. The highest BCUT2D eigenvalue weighted by atomic mass is 35.5. The fourth-order valence-corrected chi connectivity index (χ4v) is 2.27. The van der Waals surface area contributed by atoms with E-state index < -0.39 is 23.7 Å². The monoisotopic (exact) mass is 392 g/mol. The van der Waals surface area contributed by atoms with Gasteiger partial charge in [0, 0.05) is 6.07 Å². The van der Waals surface area contributed by atoms with E-state index in [4.69, 9.17) is 11.6 Å². The van der Waals surface area contributed by atoms with Crippen LogP contribution in [-0.2, 0) is 6.18 Å². The molecule has 0 saturated carbocycles. The lowest BCUT2D eigenvalue weighted by Gasteiger charge is -2.21. The van der Waals surface area contributed by atoms with E-state index in [1.54, 1.807) is 13.8 Å². The van der Waals surface area contributed by atoms with Crippen LogP contribution in [0.25, 0.3) is 0 Å². The normalized spacial score (nSPS) is 13.0. The molecule has 1 atom stereocenters. The fraction of sp³-hybridized carbons (Fsp3) is 0.375. The average Bonchev–Trinajstić information content (AvgIpc) is 2.55. The Morgan fingerprint density at radius 1 is 1.23 bits per heavy atom. The smallest absolute Gasteiger partial charge is 0.394 e. The van der Waals surface area contributed by atoms with Crippen LogP contribution >= 0.6 is 11.6 Å². The minimum atomic E-state index is -4.73. The minimum absolute atomic E-state index is 0.0119. The summed E-state index contributed by atoms with van der Waals surface area (Å²) in [5.41, 5.74) is -1.42. The second kappa shape index (κ2) is 8.05. The lowest BCUT2D eigenvalue weighted by molar-refractivity contribution is -0.141. The van der Waals surface area contributed by atoms with Gasteiger partial charge in [-0.15, -0.1) is 0 Å². The highest BCUT2D eigenvalue weighted by molar-refractivity contribution is 6.33. The van der Waals surface area contributed by atoms with E-state index >= 15 is 0 Å². The fourth-order valence-electron chi connectivity index (χ4n) is 2.06. The molecule has 0 aliphatic heterocycles. The van der Waals surface area contributed by atoms with Crippen LogP contribution in [0.4, 0.5) is 35.0 Å². The van der Waals surface area contributed by atoms with E-state index in [0.717, 1.165) is 6.07 Å². The molecule has 1 aromatic carbocycles. The number of aliphatic hydroxyl groups is 1. The molecular formula is C16H17ClF4N4O. The molecule has 0 radical (unpaired) electrons. The van der Waals surface area contributed by atoms with Gasteiger partial charge in [-0.1, -0.05) is 31.5 Å². The Balaban J connectivity index is 2.43. The van der Waals surface area contributed by atoms with Gasteiger partial charge in [-0.25, -0.2) is 9.37 Å². The highest BCUT2D eigenvalue weighted by Crippen LogP contribution is 2.32. The molecule has 2 aromatic rings. The number of rotatable bonds is 6. The van der Waals surface area contributed by atoms with Crippen LogP contribution in [0.3, 0.4) is 0 Å². The summed E-state index contributed by atoms with van der Waals surface area (Å²) >= 11 is 5.88. The van der Waals surface area contributed by atoms with Crippen molar-refractivity contribution in [3.8, 4) is 0 Å². The number of hydrogen-bond donors (Lipinski definition) is 3. The number of benzene rings is 1. The number of aromatic nitrogens is 2. The number of hydrogen-bond acceptors (Lipinski definition) is 5. The predicted octanol–water partition coefficient (Wildman–Crippen LogP) is 4.46. The van der Waals surface area contributed by atoms with Gasteiger partial charge in [0.25, 0.3) is 0 Å². The van der Waals surface area contributed by atoms with Crippen molar-refractivity contribution >= 4 is 29.1 Å². The van der Waals surface area contributed by atoms with Crippen LogP contribution in [0.2, 0.25) is 5.02 Å². The first-order chi connectivity index (χ1) is 12.1. The van der Waals surface area contributed by atoms with E-state index in [-0.39, 0.29) is 35.0 Å². The zero-order valence-corrected chi connectivity index (χ0v) is 14.7. The summed E-state index contributed by atoms with van der Waals surface area (Å²) in [6, 6.07) is 3.96. The third-order valence-corrected chi connectivity index (χ3v) is 3.86. The Morgan fingerprint density at radius 3 is 2.46 bits per heavy atom. The molecule has 1 heterocycles. The number of para-hydroxylation sites is 1. The summed E-state index contributed by atoms with van der Waals surface area (Å²) in [6.07, 6.45) is -4.73. The summed E-state index contributed by atoms with van der Waals surface area (Å²) in [6.45, 7) is 3.23. The zero-order chi connectivity index (χ0) is 19.5. The topological polar surface area (TPSA) is 70.1 Å². The van der Waals surface area contributed by atoms with Gasteiger partial charge in [0.15, 0.2) is 5.69 Å². The molecule has 26 heavy (non-hydrogen) atoms. The van der Waals surface area contributed by atoms with Crippen LogP contribution in [0.5, 0.6) is 0 Å². The summed E-state index contributed by atoms with van der Waals surface area (Å²) < 4.78 is 53.3. The van der Waals surface area contributed by atoms with Crippen LogP contribution < -0.4 is 10.6 Å². The second-order valence-electron chi connectivity index (χ2n) is 5.86. The third-order valence-electron chi connectivity index (χ3n) is 3.55. The lowest BCUT2D eigenvalue weighted by atomic mass is 10.1. The Hall–Kier alpha value is -2.13. The van der Waals surface area contributed by atoms with Gasteiger partial charge in [-0.3, -0.25) is 0 Å². The molecule has 5 nitrogen and oxygen atoms in total. The summed E-state index contributed by atoms with van der Waals surface area (Å²) in [5.74, 6) is -1.46. The zero-order valence-electron chi connectivity index (χ0n) is 13.9. The highest BCUT2D eigenvalue weighted by Gasteiger charge is 2.34. The maximum Gasteiger partial charge on any atom is 0.433 e. The summed E-state index contributed by atoms with van der Waals surface area (Å²) in [4.78, 5) is 7.36. The molecule has 0 fully saturated rings. The van der Waals surface area contributed by atoms with Gasteiger partial charge in [-0.2, -0.15) is 18.2 Å². The first-order valence-corrected chi connectivity index (χ1v) is 8.04. The minimum Gasteiger partial charge on any atom is -0.394 e. The molecular weight excluding hydrogens is 376 g/mol. The van der Waals surface area contributed by atoms with Crippen molar-refractivity contribution in [2.24, 2.45) is 5.92 Å². The van der Waals surface area contributed by atoms with Gasteiger partial charge in [-0.05, 0) is 18.1 Å². The van der Waals surface area contributed by atoms with Gasteiger partial charge in [0.2, 0.25) is 5.95 Å². The van der Waals surface area contributed by atoms with Crippen molar-refractivity contribution < 1.29 is 22.7 Å². The van der Waals surface area contributed by atoms with Gasteiger partial charge in [0.1, 0.15) is 11.6 Å². The molecule has 0 amide bonds. The number of nitrogens with one attached hydrogen (secondary N) is 2. The van der Waals surface area contributed by atoms with Crippen LogP contribution in [-0.4, -0.2) is 27.7 Å². The molecule has 2 rings (SSSR count). The number of aliphatic hydroxyl groups excluding tert-OH is 1. The van der Waals surface area contributed by atoms with Gasteiger partial charge in [0.05, 0.1) is 23.4 Å². The van der Waals surface area contributed by atoms with Crippen molar-refractivity contribution in [3.05, 3.63) is 40.8 Å². The molecule has 0 unspecified atom stereocenters. The molecule has 0 spiro atoms. The lowest BCUT2D eigenvalue weighted by Crippen LogP contribution is -2.30. The molecule has 1 aromatic heterocycles. The molecule has 0 aliphatic rings. The van der Waals surface area contributed by atoms with Crippen LogP contribution in [0.15, 0.2) is 24.3 Å². The van der Waals surface area contributed by atoms with E-state index in [2.05, 4.69) is 20.6 Å². The molecule has 0 saturated heterocycles. The molecule has 0 aliphatic carbocycles. The van der Waals surface area contributed by atoms with Gasteiger partial charge < -0.3 is 15.7 Å². The Bertz CT molecular complexity index is 750. The Morgan fingerprint density at radius 2 is 1.92 bits per heavy atom. The Kier molecular flexibility index (Phi) is 6.25. The Labute approximate surface area is 152 Å². The quantitative estimate of drug-likeness (QED) is 0.633. The first kappa shape index (κ1) is 20.2. The predicted molar refractivity (Wildman–Crippen MR) is 91.1 cm³/mol. The van der Waals surface area contributed by atoms with E-state index in [0.29, 0.717) is 6.07 Å².